The van der Waals surface area contributed by atoms with E-state index in [0.717, 1.165) is 54.2 Å². The summed E-state index contributed by atoms with van der Waals surface area (Å²) < 4.78 is 5.43. The molecule has 1 aromatic carbocycles. The van der Waals surface area contributed by atoms with Gasteiger partial charge in [-0.15, -0.1) is 0 Å². The van der Waals surface area contributed by atoms with E-state index in [4.69, 9.17) is 4.74 Å². The molecule has 1 heterocycles. The maximum Gasteiger partial charge on any atom is 0.227 e. The summed E-state index contributed by atoms with van der Waals surface area (Å²) in [5.41, 5.74) is 4.51. The smallest absolute Gasteiger partial charge is 0.227 e. The number of nitrogens with one attached hydrogen (secondary N) is 1. The van der Waals surface area contributed by atoms with Crippen molar-refractivity contribution in [1.29, 1.82) is 0 Å². The second kappa shape index (κ2) is 6.27. The van der Waals surface area contributed by atoms with Gasteiger partial charge in [0.15, 0.2) is 0 Å². The van der Waals surface area contributed by atoms with E-state index in [1.807, 2.05) is 11.8 Å². The lowest BCUT2D eigenvalue weighted by molar-refractivity contribution is -0.131. The van der Waals surface area contributed by atoms with Gasteiger partial charge in [0, 0.05) is 26.2 Å². The molecule has 0 aliphatic carbocycles. The third-order valence-corrected chi connectivity index (χ3v) is 4.15. The van der Waals surface area contributed by atoms with E-state index in [0.29, 0.717) is 6.42 Å². The molecule has 0 bridgehead atoms. The minimum Gasteiger partial charge on any atom is -0.496 e. The third kappa shape index (κ3) is 2.96. The highest BCUT2D eigenvalue weighted by atomic mass is 16.5. The predicted molar refractivity (Wildman–Crippen MR) is 80.4 cm³/mol. The lowest BCUT2D eigenvalue weighted by atomic mass is 9.96. The van der Waals surface area contributed by atoms with Crippen LogP contribution in [0.1, 0.15) is 22.3 Å². The van der Waals surface area contributed by atoms with Crippen LogP contribution in [0.25, 0.3) is 0 Å². The van der Waals surface area contributed by atoms with Crippen LogP contribution < -0.4 is 10.1 Å². The van der Waals surface area contributed by atoms with E-state index >= 15 is 0 Å². The van der Waals surface area contributed by atoms with Crippen LogP contribution in [-0.4, -0.2) is 44.1 Å². The Morgan fingerprint density at radius 1 is 1.25 bits per heavy atom. The van der Waals surface area contributed by atoms with Crippen molar-refractivity contribution >= 4 is 5.91 Å². The molecule has 1 aliphatic rings. The number of piperazine rings is 1. The second-order valence-electron chi connectivity index (χ2n) is 5.44. The quantitative estimate of drug-likeness (QED) is 0.911. The fraction of sp³-hybridized carbons (Fsp3) is 0.562. The van der Waals surface area contributed by atoms with E-state index < -0.39 is 0 Å². The molecule has 1 N–H and O–H groups in total. The Morgan fingerprint density at radius 3 is 2.50 bits per heavy atom. The van der Waals surface area contributed by atoms with E-state index in [-0.39, 0.29) is 5.91 Å². The number of ether oxygens (including phenoxy) is 1. The van der Waals surface area contributed by atoms with Gasteiger partial charge < -0.3 is 15.0 Å². The molecule has 0 aromatic heterocycles. The van der Waals surface area contributed by atoms with Gasteiger partial charge in [0.2, 0.25) is 5.91 Å². The second-order valence-corrected chi connectivity index (χ2v) is 5.44. The molecule has 0 unspecified atom stereocenters. The molecule has 20 heavy (non-hydrogen) atoms. The van der Waals surface area contributed by atoms with Crippen molar-refractivity contribution in [3.63, 3.8) is 0 Å². The molecular formula is C16H24N2O2. The van der Waals surface area contributed by atoms with Crippen molar-refractivity contribution in [2.45, 2.75) is 27.2 Å². The Labute approximate surface area is 121 Å². The average Bonchev–Trinajstić information content (AvgIpc) is 2.46. The van der Waals surface area contributed by atoms with Crippen molar-refractivity contribution in [2.24, 2.45) is 0 Å². The molecule has 1 aliphatic heterocycles. The van der Waals surface area contributed by atoms with Crippen LogP contribution in [0.2, 0.25) is 0 Å². The minimum atomic E-state index is 0.221. The first-order valence-electron chi connectivity index (χ1n) is 7.16. The van der Waals surface area contributed by atoms with Gasteiger partial charge in [0.25, 0.3) is 0 Å². The summed E-state index contributed by atoms with van der Waals surface area (Å²) in [5, 5.41) is 3.27. The number of hydrogen-bond acceptors (Lipinski definition) is 3. The Bertz CT molecular complexity index is 506. The molecule has 1 fully saturated rings. The summed E-state index contributed by atoms with van der Waals surface area (Å²) in [5.74, 6) is 1.15. The molecular weight excluding hydrogens is 252 g/mol. The van der Waals surface area contributed by atoms with Crippen molar-refractivity contribution in [3.05, 3.63) is 28.3 Å². The zero-order valence-electron chi connectivity index (χ0n) is 12.9. The SMILES string of the molecule is COc1c(C)cc(CC(=O)N2CCNCC2)c(C)c1C. The van der Waals surface area contributed by atoms with Crippen molar-refractivity contribution in [2.75, 3.05) is 33.3 Å². The number of hydrogen-bond donors (Lipinski definition) is 1. The van der Waals surface area contributed by atoms with Gasteiger partial charge >= 0.3 is 0 Å². The van der Waals surface area contributed by atoms with E-state index in [2.05, 4.69) is 25.2 Å². The molecule has 1 amide bonds. The third-order valence-electron chi connectivity index (χ3n) is 4.15. The van der Waals surface area contributed by atoms with Gasteiger partial charge in [-0.2, -0.15) is 0 Å². The van der Waals surface area contributed by atoms with Crippen LogP contribution in [-0.2, 0) is 11.2 Å². The Hall–Kier alpha value is -1.55. The summed E-state index contributed by atoms with van der Waals surface area (Å²) in [6.45, 7) is 9.57. The van der Waals surface area contributed by atoms with Gasteiger partial charge in [0.05, 0.1) is 13.5 Å². The highest BCUT2D eigenvalue weighted by Crippen LogP contribution is 2.28. The standard InChI is InChI=1S/C16H24N2O2/c1-11-9-14(12(2)13(3)16(11)20-4)10-15(19)18-7-5-17-6-8-18/h9,17H,5-8,10H2,1-4H3. The molecule has 1 aromatic rings. The molecule has 0 spiro atoms. The number of aryl methyl sites for hydroxylation is 1. The van der Waals surface area contributed by atoms with Crippen LogP contribution in [0, 0.1) is 20.8 Å². The number of carbonyl (C=O) groups excluding carboxylic acids is 1. The molecule has 2 rings (SSSR count). The molecule has 4 heteroatoms. The van der Waals surface area contributed by atoms with Gasteiger partial charge in [-0.1, -0.05) is 6.07 Å². The highest BCUT2D eigenvalue weighted by molar-refractivity contribution is 5.79. The largest absolute Gasteiger partial charge is 0.496 e. The summed E-state index contributed by atoms with van der Waals surface area (Å²) in [4.78, 5) is 14.3. The average molecular weight is 276 g/mol. The van der Waals surface area contributed by atoms with Crippen molar-refractivity contribution in [1.82, 2.24) is 10.2 Å². The highest BCUT2D eigenvalue weighted by Gasteiger charge is 2.19. The van der Waals surface area contributed by atoms with Gasteiger partial charge in [-0.3, -0.25) is 4.79 Å². The summed E-state index contributed by atoms with van der Waals surface area (Å²) >= 11 is 0. The summed E-state index contributed by atoms with van der Waals surface area (Å²) in [6.07, 6.45) is 0.484. The maximum absolute atomic E-state index is 12.4. The molecule has 1 saturated heterocycles. The van der Waals surface area contributed by atoms with Gasteiger partial charge in [0.1, 0.15) is 5.75 Å². The Morgan fingerprint density at radius 2 is 1.90 bits per heavy atom. The van der Waals surface area contributed by atoms with Gasteiger partial charge in [-0.25, -0.2) is 0 Å². The van der Waals surface area contributed by atoms with Crippen LogP contribution in [0.15, 0.2) is 6.07 Å². The summed E-state index contributed by atoms with van der Waals surface area (Å²) in [6, 6.07) is 2.08. The normalized spacial score (nSPS) is 15.3. The Balaban J connectivity index is 2.19. The van der Waals surface area contributed by atoms with E-state index in [1.165, 1.54) is 0 Å². The van der Waals surface area contributed by atoms with E-state index in [1.54, 1.807) is 7.11 Å². The van der Waals surface area contributed by atoms with Crippen molar-refractivity contribution < 1.29 is 9.53 Å². The molecule has 4 nitrogen and oxygen atoms in total. The van der Waals surface area contributed by atoms with Crippen molar-refractivity contribution in [3.8, 4) is 5.75 Å². The predicted octanol–water partition coefficient (Wildman–Crippen LogP) is 1.59. The number of carbonyl (C=O) groups is 1. The number of amides is 1. The fourth-order valence-corrected chi connectivity index (χ4v) is 2.83. The van der Waals surface area contributed by atoms with Crippen LogP contribution in [0.5, 0.6) is 5.75 Å². The monoisotopic (exact) mass is 276 g/mol. The van der Waals surface area contributed by atoms with Crippen LogP contribution in [0.4, 0.5) is 0 Å². The van der Waals surface area contributed by atoms with E-state index in [9.17, 15) is 4.79 Å². The maximum atomic E-state index is 12.4. The molecule has 110 valence electrons. The zero-order chi connectivity index (χ0) is 14.7. The first kappa shape index (κ1) is 14.9. The zero-order valence-corrected chi connectivity index (χ0v) is 12.9. The minimum absolute atomic E-state index is 0.221. The molecule has 0 atom stereocenters. The lowest BCUT2D eigenvalue weighted by Gasteiger charge is -2.28. The number of nitrogens with zero attached hydrogens (tertiary/aromatic N) is 1. The number of rotatable bonds is 3. The van der Waals surface area contributed by atoms with Crippen LogP contribution in [0.3, 0.4) is 0 Å². The summed E-state index contributed by atoms with van der Waals surface area (Å²) in [7, 11) is 1.69. The fourth-order valence-electron chi connectivity index (χ4n) is 2.83. The number of methoxy groups -OCH3 is 1. The topological polar surface area (TPSA) is 41.6 Å². The molecule has 0 radical (unpaired) electrons. The molecule has 0 saturated carbocycles. The van der Waals surface area contributed by atoms with Crippen LogP contribution >= 0.6 is 0 Å². The Kier molecular flexibility index (Phi) is 4.65. The lowest BCUT2D eigenvalue weighted by Crippen LogP contribution is -2.47. The first-order valence-corrected chi connectivity index (χ1v) is 7.16. The van der Waals surface area contributed by atoms with Gasteiger partial charge in [-0.05, 0) is 43.0 Å². The first-order chi connectivity index (χ1) is 9.54. The number of benzene rings is 1.